The quantitative estimate of drug-likeness (QED) is 0.794. The third kappa shape index (κ3) is 6.96. The molecule has 5 heteroatoms. The Bertz CT molecular complexity index is 340. The first-order chi connectivity index (χ1) is 8.47. The number of hydrogen-bond acceptors (Lipinski definition) is 4. The molecule has 0 radical (unpaired) electrons. The van der Waals surface area contributed by atoms with Crippen molar-refractivity contribution in [3.63, 3.8) is 0 Å². The second-order valence-corrected chi connectivity index (χ2v) is 4.91. The molecule has 0 aliphatic heterocycles. The fourth-order valence-corrected chi connectivity index (χ4v) is 1.25. The summed E-state index contributed by atoms with van der Waals surface area (Å²) in [4.78, 5) is 11.3. The molecule has 102 valence electrons. The first-order valence-corrected chi connectivity index (χ1v) is 6.04. The summed E-state index contributed by atoms with van der Waals surface area (Å²) in [6, 6.07) is 3.68. The second kappa shape index (κ2) is 7.06. The highest BCUT2D eigenvalue weighted by atomic mass is 16.6. The van der Waals surface area contributed by atoms with Crippen LogP contribution in [-0.2, 0) is 16.1 Å². The molecular formula is C13H21NO4. The molecule has 0 fully saturated rings. The maximum absolute atomic E-state index is 11.3. The highest BCUT2D eigenvalue weighted by Gasteiger charge is 2.15. The summed E-state index contributed by atoms with van der Waals surface area (Å²) in [6.07, 6.45) is 1.96. The Hall–Kier alpha value is -1.49. The van der Waals surface area contributed by atoms with Gasteiger partial charge in [-0.25, -0.2) is 4.79 Å². The van der Waals surface area contributed by atoms with Crippen LogP contribution in [0, 0.1) is 0 Å². The van der Waals surface area contributed by atoms with Crippen LogP contribution in [0.5, 0.6) is 0 Å². The van der Waals surface area contributed by atoms with E-state index in [-0.39, 0.29) is 0 Å². The van der Waals surface area contributed by atoms with Gasteiger partial charge in [-0.1, -0.05) is 0 Å². The fourth-order valence-electron chi connectivity index (χ4n) is 1.25. The van der Waals surface area contributed by atoms with Crippen molar-refractivity contribution < 1.29 is 18.7 Å². The summed E-state index contributed by atoms with van der Waals surface area (Å²) in [5.41, 5.74) is -0.458. The Balaban J connectivity index is 1.97. The van der Waals surface area contributed by atoms with Crippen molar-refractivity contribution in [3.05, 3.63) is 24.2 Å². The van der Waals surface area contributed by atoms with Gasteiger partial charge in [0.1, 0.15) is 18.0 Å². The minimum absolute atomic E-state index is 0.395. The van der Waals surface area contributed by atoms with E-state index in [0.717, 1.165) is 12.2 Å². The van der Waals surface area contributed by atoms with Crippen molar-refractivity contribution in [1.82, 2.24) is 5.32 Å². The second-order valence-electron chi connectivity index (χ2n) is 4.91. The molecule has 5 nitrogen and oxygen atoms in total. The standard InChI is InChI=1S/C13H21NO4/c1-13(2,3)18-12(15)14-7-5-8-16-10-11-6-4-9-17-11/h4,6,9H,5,7-8,10H2,1-3H3,(H,14,15). The van der Waals surface area contributed by atoms with Gasteiger partial charge in [0.05, 0.1) is 6.26 Å². The van der Waals surface area contributed by atoms with Crippen LogP contribution in [0.15, 0.2) is 22.8 Å². The molecule has 0 unspecified atom stereocenters. The van der Waals surface area contributed by atoms with Gasteiger partial charge in [-0.3, -0.25) is 0 Å². The molecule has 0 saturated carbocycles. The molecule has 1 heterocycles. The average Bonchev–Trinajstić information content (AvgIpc) is 2.73. The van der Waals surface area contributed by atoms with Crippen molar-refractivity contribution in [2.75, 3.05) is 13.2 Å². The zero-order valence-corrected chi connectivity index (χ0v) is 11.2. The van der Waals surface area contributed by atoms with E-state index in [4.69, 9.17) is 13.9 Å². The molecule has 1 N–H and O–H groups in total. The van der Waals surface area contributed by atoms with Crippen molar-refractivity contribution in [1.29, 1.82) is 0 Å². The lowest BCUT2D eigenvalue weighted by Crippen LogP contribution is -2.33. The fraction of sp³-hybridized carbons (Fsp3) is 0.615. The summed E-state index contributed by atoms with van der Waals surface area (Å²) in [7, 11) is 0. The lowest BCUT2D eigenvalue weighted by Gasteiger charge is -2.19. The number of hydrogen-bond donors (Lipinski definition) is 1. The normalized spacial score (nSPS) is 11.3. The van der Waals surface area contributed by atoms with Crippen LogP contribution < -0.4 is 5.32 Å². The summed E-state index contributed by atoms with van der Waals surface area (Å²) >= 11 is 0. The summed E-state index contributed by atoms with van der Waals surface area (Å²) < 4.78 is 15.6. The summed E-state index contributed by atoms with van der Waals surface area (Å²) in [6.45, 7) is 7.06. The molecule has 1 aromatic rings. The Morgan fingerprint density at radius 3 is 2.83 bits per heavy atom. The summed E-state index contributed by atoms with van der Waals surface area (Å²) in [5, 5.41) is 2.67. The number of nitrogens with one attached hydrogen (secondary N) is 1. The zero-order chi connectivity index (χ0) is 13.4. The van der Waals surface area contributed by atoms with E-state index in [9.17, 15) is 4.79 Å². The molecule has 0 spiro atoms. The highest BCUT2D eigenvalue weighted by molar-refractivity contribution is 5.67. The zero-order valence-electron chi connectivity index (χ0n) is 11.2. The van der Waals surface area contributed by atoms with Crippen LogP contribution in [-0.4, -0.2) is 24.8 Å². The minimum Gasteiger partial charge on any atom is -0.467 e. The molecule has 0 aliphatic rings. The van der Waals surface area contributed by atoms with E-state index in [1.54, 1.807) is 6.26 Å². The molecule has 0 aromatic carbocycles. The van der Waals surface area contributed by atoms with E-state index in [0.29, 0.717) is 19.8 Å². The van der Waals surface area contributed by atoms with Crippen LogP contribution in [0.1, 0.15) is 33.0 Å². The number of rotatable bonds is 6. The Morgan fingerprint density at radius 2 is 2.22 bits per heavy atom. The molecule has 0 saturated heterocycles. The molecule has 1 rings (SSSR count). The predicted molar refractivity (Wildman–Crippen MR) is 67.2 cm³/mol. The minimum atomic E-state index is -0.458. The highest BCUT2D eigenvalue weighted by Crippen LogP contribution is 2.06. The number of furan rings is 1. The number of amides is 1. The van der Waals surface area contributed by atoms with E-state index in [2.05, 4.69) is 5.32 Å². The first kappa shape index (κ1) is 14.6. The Labute approximate surface area is 107 Å². The lowest BCUT2D eigenvalue weighted by molar-refractivity contribution is 0.0515. The van der Waals surface area contributed by atoms with Gasteiger partial charge in [0.2, 0.25) is 0 Å². The SMILES string of the molecule is CC(C)(C)OC(=O)NCCCOCc1ccco1. The number of carbonyl (C=O) groups is 1. The third-order valence-electron chi connectivity index (χ3n) is 1.96. The van der Waals surface area contributed by atoms with Gasteiger partial charge in [-0.05, 0) is 39.3 Å². The van der Waals surface area contributed by atoms with Crippen molar-refractivity contribution in [3.8, 4) is 0 Å². The maximum atomic E-state index is 11.3. The van der Waals surface area contributed by atoms with Crippen LogP contribution >= 0.6 is 0 Å². The van der Waals surface area contributed by atoms with Gasteiger partial charge in [0.25, 0.3) is 0 Å². The van der Waals surface area contributed by atoms with Gasteiger partial charge in [-0.15, -0.1) is 0 Å². The van der Waals surface area contributed by atoms with Crippen molar-refractivity contribution in [2.24, 2.45) is 0 Å². The maximum Gasteiger partial charge on any atom is 0.407 e. The lowest BCUT2D eigenvalue weighted by atomic mass is 10.2. The monoisotopic (exact) mass is 255 g/mol. The van der Waals surface area contributed by atoms with Gasteiger partial charge >= 0.3 is 6.09 Å². The van der Waals surface area contributed by atoms with Crippen LogP contribution in [0.2, 0.25) is 0 Å². The van der Waals surface area contributed by atoms with E-state index < -0.39 is 11.7 Å². The van der Waals surface area contributed by atoms with Crippen LogP contribution in [0.3, 0.4) is 0 Å². The smallest absolute Gasteiger partial charge is 0.407 e. The Kier molecular flexibility index (Phi) is 5.71. The summed E-state index contributed by atoms with van der Waals surface area (Å²) in [5.74, 6) is 0.801. The van der Waals surface area contributed by atoms with Crippen molar-refractivity contribution >= 4 is 6.09 Å². The molecule has 0 atom stereocenters. The van der Waals surface area contributed by atoms with Crippen LogP contribution in [0.25, 0.3) is 0 Å². The molecule has 0 bridgehead atoms. The molecule has 1 aromatic heterocycles. The van der Waals surface area contributed by atoms with E-state index >= 15 is 0 Å². The third-order valence-corrected chi connectivity index (χ3v) is 1.96. The number of alkyl carbamates (subject to hydrolysis) is 1. The van der Waals surface area contributed by atoms with Crippen LogP contribution in [0.4, 0.5) is 4.79 Å². The Morgan fingerprint density at radius 1 is 1.44 bits per heavy atom. The number of ether oxygens (including phenoxy) is 2. The predicted octanol–water partition coefficient (Wildman–Crippen LogP) is 2.71. The molecule has 1 amide bonds. The van der Waals surface area contributed by atoms with E-state index in [1.165, 1.54) is 0 Å². The van der Waals surface area contributed by atoms with Gasteiger partial charge in [0.15, 0.2) is 0 Å². The van der Waals surface area contributed by atoms with Gasteiger partial charge < -0.3 is 19.2 Å². The van der Waals surface area contributed by atoms with Crippen molar-refractivity contribution in [2.45, 2.75) is 39.4 Å². The largest absolute Gasteiger partial charge is 0.467 e. The van der Waals surface area contributed by atoms with E-state index in [1.807, 2.05) is 32.9 Å². The first-order valence-electron chi connectivity index (χ1n) is 6.04. The number of carbonyl (C=O) groups excluding carboxylic acids is 1. The topological polar surface area (TPSA) is 60.7 Å². The van der Waals surface area contributed by atoms with Gasteiger partial charge in [-0.2, -0.15) is 0 Å². The molecule has 18 heavy (non-hydrogen) atoms. The average molecular weight is 255 g/mol. The van der Waals surface area contributed by atoms with Gasteiger partial charge in [0, 0.05) is 13.2 Å². The molecular weight excluding hydrogens is 234 g/mol. The molecule has 0 aliphatic carbocycles.